The van der Waals surface area contributed by atoms with Crippen molar-refractivity contribution in [3.05, 3.63) is 0 Å². The van der Waals surface area contributed by atoms with E-state index < -0.39 is 0 Å². The van der Waals surface area contributed by atoms with Crippen LogP contribution in [-0.4, -0.2) is 6.54 Å². The molecule has 1 nitrogen and oxygen atoms in total. The van der Waals surface area contributed by atoms with Crippen LogP contribution < -0.4 is 5.73 Å². The molecule has 0 aromatic heterocycles. The van der Waals surface area contributed by atoms with E-state index in [4.69, 9.17) is 5.73 Å². The van der Waals surface area contributed by atoms with Crippen molar-refractivity contribution in [2.45, 2.75) is 27.2 Å². The predicted molar refractivity (Wildman–Crippen MR) is 32.0 cm³/mol. The van der Waals surface area contributed by atoms with Crippen molar-refractivity contribution in [1.29, 1.82) is 0 Å². The van der Waals surface area contributed by atoms with Crippen LogP contribution in [0.15, 0.2) is 0 Å². The highest BCUT2D eigenvalue weighted by Gasteiger charge is 2.10. The summed E-state index contributed by atoms with van der Waals surface area (Å²) in [5.41, 5.74) is 7.26. The topological polar surface area (TPSA) is 23.8 Å². The van der Waals surface area contributed by atoms with Crippen LogP contribution in [0.5, 0.6) is 0 Å². The van der Waals surface area contributed by atoms with Crippen molar-refractivity contribution in [3.63, 3.8) is 0 Å². The lowest BCUT2D eigenvalue weighted by Crippen LogP contribution is -2.15. The molecule has 43 valence electrons. The van der Waals surface area contributed by atoms with E-state index >= 15 is 0 Å². The summed E-state index contributed by atoms with van der Waals surface area (Å²) >= 11 is 0. The van der Waals surface area contributed by atoms with Crippen LogP contribution in [0.3, 0.4) is 0 Å². The first-order valence-corrected chi connectivity index (χ1v) is 2.77. The van der Waals surface area contributed by atoms with Gasteiger partial charge in [-0.3, -0.25) is 5.73 Å². The van der Waals surface area contributed by atoms with Crippen molar-refractivity contribution < 1.29 is 0 Å². The van der Waals surface area contributed by atoms with Gasteiger partial charge >= 0.3 is 0 Å². The Hall–Kier alpha value is -0.0400. The van der Waals surface area contributed by atoms with Gasteiger partial charge in [-0.2, -0.15) is 0 Å². The van der Waals surface area contributed by atoms with E-state index in [1.54, 1.807) is 0 Å². The van der Waals surface area contributed by atoms with Crippen LogP contribution in [0.2, 0.25) is 0 Å². The number of hydrogen-bond donors (Lipinski definition) is 0. The third-order valence-corrected chi connectivity index (χ3v) is 1.44. The van der Waals surface area contributed by atoms with Gasteiger partial charge in [0.15, 0.2) is 0 Å². The lowest BCUT2D eigenvalue weighted by atomic mass is 9.91. The number of rotatable bonds is 2. The molecular formula is C6H14N. The minimum atomic E-state index is 0.250. The average Bonchev–Trinajstić information content (AvgIpc) is 1.68. The fraction of sp³-hybridized carbons (Fsp3) is 1.00. The zero-order valence-electron chi connectivity index (χ0n) is 5.41. The second kappa shape index (κ2) is 2.31. The summed E-state index contributed by atoms with van der Waals surface area (Å²) < 4.78 is 0. The maximum atomic E-state index is 7.01. The lowest BCUT2D eigenvalue weighted by Gasteiger charge is -2.17. The molecule has 0 heterocycles. The Morgan fingerprint density at radius 3 is 1.86 bits per heavy atom. The van der Waals surface area contributed by atoms with E-state index in [-0.39, 0.29) is 5.41 Å². The molecule has 0 saturated heterocycles. The first kappa shape index (κ1) is 6.96. The predicted octanol–water partition coefficient (Wildman–Crippen LogP) is 1.71. The lowest BCUT2D eigenvalue weighted by molar-refractivity contribution is 0.360. The molecular weight excluding hydrogens is 86.1 g/mol. The molecule has 0 spiro atoms. The van der Waals surface area contributed by atoms with Gasteiger partial charge in [0, 0.05) is 6.54 Å². The van der Waals surface area contributed by atoms with Crippen LogP contribution >= 0.6 is 0 Å². The van der Waals surface area contributed by atoms with Gasteiger partial charge in [0.05, 0.1) is 0 Å². The molecule has 0 amide bonds. The molecule has 0 rings (SSSR count). The molecule has 1 N–H and O–H groups in total. The van der Waals surface area contributed by atoms with Gasteiger partial charge < -0.3 is 0 Å². The molecule has 1 radical (unpaired) electrons. The van der Waals surface area contributed by atoms with Gasteiger partial charge in [-0.15, -0.1) is 0 Å². The first-order valence-electron chi connectivity index (χ1n) is 2.77. The van der Waals surface area contributed by atoms with Crippen LogP contribution in [0.4, 0.5) is 0 Å². The molecule has 0 aliphatic heterocycles. The van der Waals surface area contributed by atoms with E-state index in [1.165, 1.54) is 0 Å². The summed E-state index contributed by atoms with van der Waals surface area (Å²) in [6, 6.07) is 0. The fourth-order valence-electron chi connectivity index (χ4n) is 0.125. The Bertz CT molecular complexity index is 42.1. The highest BCUT2D eigenvalue weighted by atomic mass is 14.6. The van der Waals surface area contributed by atoms with E-state index in [9.17, 15) is 0 Å². The smallest absolute Gasteiger partial charge is 0.0151 e. The Morgan fingerprint density at radius 1 is 1.43 bits per heavy atom. The average molecular weight is 100 g/mol. The van der Waals surface area contributed by atoms with E-state index in [0.29, 0.717) is 6.54 Å². The number of hydrogen-bond acceptors (Lipinski definition) is 0. The molecule has 0 aliphatic rings. The quantitative estimate of drug-likeness (QED) is 0.504. The fourth-order valence-corrected chi connectivity index (χ4v) is 0.125. The van der Waals surface area contributed by atoms with Crippen molar-refractivity contribution >= 4 is 0 Å². The van der Waals surface area contributed by atoms with Crippen LogP contribution in [-0.2, 0) is 0 Å². The normalized spacial score (nSPS) is 12.0. The van der Waals surface area contributed by atoms with Crippen LogP contribution in [0.25, 0.3) is 0 Å². The van der Waals surface area contributed by atoms with Crippen molar-refractivity contribution in [2.24, 2.45) is 5.41 Å². The van der Waals surface area contributed by atoms with Gasteiger partial charge in [0.2, 0.25) is 0 Å². The van der Waals surface area contributed by atoms with Gasteiger partial charge in [-0.1, -0.05) is 20.8 Å². The highest BCUT2D eigenvalue weighted by molar-refractivity contribution is 4.64. The molecule has 0 aromatic carbocycles. The summed E-state index contributed by atoms with van der Waals surface area (Å²) in [7, 11) is 0. The van der Waals surface area contributed by atoms with Gasteiger partial charge in [-0.05, 0) is 11.8 Å². The third kappa shape index (κ3) is 2.63. The van der Waals surface area contributed by atoms with Crippen molar-refractivity contribution in [2.75, 3.05) is 6.54 Å². The Morgan fingerprint density at radius 2 is 1.86 bits per heavy atom. The SMILES string of the molecule is CCC(C)(C)C[NH]. The van der Waals surface area contributed by atoms with Gasteiger partial charge in [-0.25, -0.2) is 0 Å². The standard InChI is InChI=1S/C6H14N/c1-4-6(2,3)5-7/h7H,4-5H2,1-3H3. The molecule has 0 saturated carbocycles. The minimum absolute atomic E-state index is 0.250. The van der Waals surface area contributed by atoms with Gasteiger partial charge in [0.1, 0.15) is 0 Å². The summed E-state index contributed by atoms with van der Waals surface area (Å²) in [5, 5.41) is 0. The van der Waals surface area contributed by atoms with E-state index in [1.807, 2.05) is 0 Å². The minimum Gasteiger partial charge on any atom is -0.257 e. The number of nitrogens with one attached hydrogen (secondary N) is 1. The molecule has 0 aliphatic carbocycles. The molecule has 0 unspecified atom stereocenters. The molecule has 0 atom stereocenters. The summed E-state index contributed by atoms with van der Waals surface area (Å²) in [6.07, 6.45) is 1.11. The first-order chi connectivity index (χ1) is 3.12. The zero-order chi connectivity index (χ0) is 5.91. The summed E-state index contributed by atoms with van der Waals surface area (Å²) in [6.45, 7) is 6.89. The van der Waals surface area contributed by atoms with E-state index in [0.717, 1.165) is 6.42 Å². The van der Waals surface area contributed by atoms with Gasteiger partial charge in [0.25, 0.3) is 0 Å². The largest absolute Gasteiger partial charge is 0.257 e. The second-order valence-electron chi connectivity index (χ2n) is 2.69. The zero-order valence-corrected chi connectivity index (χ0v) is 5.41. The molecule has 0 fully saturated rings. The maximum absolute atomic E-state index is 7.01. The second-order valence-corrected chi connectivity index (χ2v) is 2.69. The van der Waals surface area contributed by atoms with Crippen LogP contribution in [0, 0.1) is 5.41 Å². The van der Waals surface area contributed by atoms with E-state index in [2.05, 4.69) is 20.8 Å². The monoisotopic (exact) mass is 100 g/mol. The molecule has 7 heavy (non-hydrogen) atoms. The van der Waals surface area contributed by atoms with Crippen molar-refractivity contribution in [1.82, 2.24) is 5.73 Å². The molecule has 1 heteroatoms. The maximum Gasteiger partial charge on any atom is 0.0151 e. The van der Waals surface area contributed by atoms with Crippen molar-refractivity contribution in [3.8, 4) is 0 Å². The highest BCUT2D eigenvalue weighted by Crippen LogP contribution is 2.16. The Labute approximate surface area is 45.9 Å². The molecule has 0 aromatic rings. The summed E-state index contributed by atoms with van der Waals surface area (Å²) in [4.78, 5) is 0. The third-order valence-electron chi connectivity index (χ3n) is 1.44. The Kier molecular flexibility index (Phi) is 2.30. The van der Waals surface area contributed by atoms with Crippen LogP contribution in [0.1, 0.15) is 27.2 Å². The summed E-state index contributed by atoms with van der Waals surface area (Å²) in [5.74, 6) is 0. The Balaban J connectivity index is 3.36. The molecule has 0 bridgehead atoms.